The maximum Gasteiger partial charge on any atom is 0.243 e. The average Bonchev–Trinajstić information content (AvgIpc) is 2.23. The molecular formula is C11H16N2O3. The van der Waals surface area contributed by atoms with Gasteiger partial charge in [-0.2, -0.15) is 0 Å². The van der Waals surface area contributed by atoms with Gasteiger partial charge in [0.25, 0.3) is 0 Å². The summed E-state index contributed by atoms with van der Waals surface area (Å²) >= 11 is 0. The van der Waals surface area contributed by atoms with Crippen LogP contribution in [0.2, 0.25) is 0 Å². The fraction of sp³-hybridized carbons (Fsp3) is 0.455. The second-order valence-corrected chi connectivity index (χ2v) is 3.67. The number of nitrogens with one attached hydrogen (secondary N) is 1. The minimum absolute atomic E-state index is 0.251. The number of Topliss-reactive ketones (excluding diaryl/α,β-unsaturated/α-hetero) is 1. The molecule has 0 aliphatic heterocycles. The Morgan fingerprint density at radius 3 is 2.69 bits per heavy atom. The van der Waals surface area contributed by atoms with Crippen molar-refractivity contribution in [3.8, 4) is 0 Å². The molecule has 2 N–H and O–H groups in total. The zero-order chi connectivity index (χ0) is 12.1. The van der Waals surface area contributed by atoms with Crippen LogP contribution in [0.3, 0.4) is 0 Å². The molecule has 0 aromatic rings. The van der Waals surface area contributed by atoms with Gasteiger partial charge in [0.1, 0.15) is 0 Å². The van der Waals surface area contributed by atoms with E-state index in [1.54, 1.807) is 11.9 Å². The first-order valence-electron chi connectivity index (χ1n) is 5.13. The number of ketones is 2. The van der Waals surface area contributed by atoms with Gasteiger partial charge >= 0.3 is 0 Å². The second-order valence-electron chi connectivity index (χ2n) is 3.67. The predicted molar refractivity (Wildman–Crippen MR) is 60.0 cm³/mol. The third-order valence-electron chi connectivity index (χ3n) is 2.35. The SMILES string of the molecule is CNCCCN(C)C1=CC(=O)C=C(O)C1=O. The number of hydrogen-bond donors (Lipinski definition) is 2. The number of likely N-dealkylation sites (N-methyl/N-ethyl adjacent to an activating group) is 1. The Balaban J connectivity index is 2.65. The molecule has 0 amide bonds. The summed E-state index contributed by atoms with van der Waals surface area (Å²) in [7, 11) is 3.58. The lowest BCUT2D eigenvalue weighted by Gasteiger charge is -2.22. The van der Waals surface area contributed by atoms with Crippen LogP contribution in [0.4, 0.5) is 0 Å². The molecule has 0 spiro atoms. The Bertz CT molecular complexity index is 358. The van der Waals surface area contributed by atoms with Crippen molar-refractivity contribution in [3.05, 3.63) is 23.6 Å². The van der Waals surface area contributed by atoms with Crippen molar-refractivity contribution >= 4 is 11.6 Å². The van der Waals surface area contributed by atoms with Gasteiger partial charge in [-0.25, -0.2) is 0 Å². The summed E-state index contributed by atoms with van der Waals surface area (Å²) < 4.78 is 0. The molecule has 0 atom stereocenters. The zero-order valence-electron chi connectivity index (χ0n) is 9.49. The third-order valence-corrected chi connectivity index (χ3v) is 2.35. The van der Waals surface area contributed by atoms with E-state index in [-0.39, 0.29) is 11.5 Å². The molecule has 0 heterocycles. The maximum atomic E-state index is 11.5. The van der Waals surface area contributed by atoms with Crippen LogP contribution in [-0.2, 0) is 9.59 Å². The Morgan fingerprint density at radius 2 is 2.06 bits per heavy atom. The highest BCUT2D eigenvalue weighted by Gasteiger charge is 2.23. The number of hydrogen-bond acceptors (Lipinski definition) is 5. The largest absolute Gasteiger partial charge is 0.504 e. The Labute approximate surface area is 94.4 Å². The number of carbonyl (C=O) groups is 2. The van der Waals surface area contributed by atoms with Gasteiger partial charge < -0.3 is 15.3 Å². The number of carbonyl (C=O) groups excluding carboxylic acids is 2. The topological polar surface area (TPSA) is 69.6 Å². The fourth-order valence-corrected chi connectivity index (χ4v) is 1.47. The average molecular weight is 224 g/mol. The van der Waals surface area contributed by atoms with E-state index in [4.69, 9.17) is 0 Å². The maximum absolute atomic E-state index is 11.5. The van der Waals surface area contributed by atoms with Gasteiger partial charge in [-0.3, -0.25) is 9.59 Å². The van der Waals surface area contributed by atoms with Gasteiger partial charge in [-0.15, -0.1) is 0 Å². The molecule has 0 unspecified atom stereocenters. The normalized spacial score (nSPS) is 15.9. The molecule has 0 bridgehead atoms. The van der Waals surface area contributed by atoms with E-state index >= 15 is 0 Å². The van der Waals surface area contributed by atoms with Crippen LogP contribution >= 0.6 is 0 Å². The smallest absolute Gasteiger partial charge is 0.243 e. The minimum Gasteiger partial charge on any atom is -0.504 e. The van der Waals surface area contributed by atoms with Gasteiger partial charge in [0.05, 0.1) is 5.70 Å². The Morgan fingerprint density at radius 1 is 1.38 bits per heavy atom. The van der Waals surface area contributed by atoms with Crippen molar-refractivity contribution in [2.75, 3.05) is 27.2 Å². The highest BCUT2D eigenvalue weighted by molar-refractivity contribution is 6.18. The van der Waals surface area contributed by atoms with Crippen LogP contribution < -0.4 is 5.32 Å². The summed E-state index contributed by atoms with van der Waals surface area (Å²) in [6.07, 6.45) is 3.05. The molecule has 5 nitrogen and oxygen atoms in total. The summed E-state index contributed by atoms with van der Waals surface area (Å²) in [6, 6.07) is 0. The van der Waals surface area contributed by atoms with Crippen LogP contribution in [0.25, 0.3) is 0 Å². The molecule has 88 valence electrons. The second kappa shape index (κ2) is 5.46. The molecule has 5 heteroatoms. The minimum atomic E-state index is -0.494. The van der Waals surface area contributed by atoms with E-state index in [1.807, 2.05) is 7.05 Å². The molecule has 0 radical (unpaired) electrons. The zero-order valence-corrected chi connectivity index (χ0v) is 9.49. The highest BCUT2D eigenvalue weighted by Crippen LogP contribution is 2.13. The first-order valence-corrected chi connectivity index (χ1v) is 5.13. The monoisotopic (exact) mass is 224 g/mol. The molecule has 0 aromatic carbocycles. The standard InChI is InChI=1S/C11H16N2O3/c1-12-4-3-5-13(2)9-6-8(14)7-10(15)11(9)16/h6-7,12,15H,3-5H2,1-2H3. The number of aliphatic hydroxyl groups is 1. The van der Waals surface area contributed by atoms with E-state index in [9.17, 15) is 14.7 Å². The lowest BCUT2D eigenvalue weighted by Crippen LogP contribution is -2.29. The lowest BCUT2D eigenvalue weighted by atomic mass is 10.1. The predicted octanol–water partition coefficient (Wildman–Crippen LogP) is 0.00530. The van der Waals surface area contributed by atoms with Crippen molar-refractivity contribution in [1.82, 2.24) is 10.2 Å². The lowest BCUT2D eigenvalue weighted by molar-refractivity contribution is -0.118. The number of allylic oxidation sites excluding steroid dienone is 2. The van der Waals surface area contributed by atoms with Crippen molar-refractivity contribution in [1.29, 1.82) is 0 Å². The van der Waals surface area contributed by atoms with Crippen molar-refractivity contribution in [2.24, 2.45) is 0 Å². The molecule has 1 rings (SSSR count). The van der Waals surface area contributed by atoms with Gasteiger partial charge in [0.15, 0.2) is 11.5 Å². The van der Waals surface area contributed by atoms with Crippen LogP contribution in [-0.4, -0.2) is 48.8 Å². The first-order chi connectivity index (χ1) is 7.56. The third kappa shape index (κ3) is 2.93. The molecular weight excluding hydrogens is 208 g/mol. The molecule has 0 aromatic heterocycles. The van der Waals surface area contributed by atoms with Gasteiger partial charge in [0, 0.05) is 25.7 Å². The van der Waals surface area contributed by atoms with E-state index in [1.165, 1.54) is 6.08 Å². The Hall–Kier alpha value is -1.62. The summed E-state index contributed by atoms with van der Waals surface area (Å²) in [4.78, 5) is 24.4. The molecule has 0 saturated carbocycles. The van der Waals surface area contributed by atoms with Crippen molar-refractivity contribution < 1.29 is 14.7 Å². The van der Waals surface area contributed by atoms with Gasteiger partial charge in [-0.05, 0) is 20.0 Å². The highest BCUT2D eigenvalue weighted by atomic mass is 16.3. The summed E-state index contributed by atoms with van der Waals surface area (Å²) in [5.74, 6) is -1.33. The van der Waals surface area contributed by atoms with Crippen LogP contribution in [0.5, 0.6) is 0 Å². The van der Waals surface area contributed by atoms with Crippen LogP contribution in [0.1, 0.15) is 6.42 Å². The van der Waals surface area contributed by atoms with Crippen molar-refractivity contribution in [3.63, 3.8) is 0 Å². The molecule has 1 aliphatic rings. The number of nitrogens with zero attached hydrogens (tertiary/aromatic N) is 1. The molecule has 1 aliphatic carbocycles. The number of rotatable bonds is 5. The number of aliphatic hydroxyl groups excluding tert-OH is 1. The van der Waals surface area contributed by atoms with Crippen molar-refractivity contribution in [2.45, 2.75) is 6.42 Å². The quantitative estimate of drug-likeness (QED) is 0.508. The van der Waals surface area contributed by atoms with E-state index in [0.717, 1.165) is 19.0 Å². The fourth-order valence-electron chi connectivity index (χ4n) is 1.47. The summed E-state index contributed by atoms with van der Waals surface area (Å²) in [5, 5.41) is 12.2. The summed E-state index contributed by atoms with van der Waals surface area (Å²) in [6.45, 7) is 1.49. The molecule has 0 fully saturated rings. The molecule has 16 heavy (non-hydrogen) atoms. The van der Waals surface area contributed by atoms with Gasteiger partial charge in [-0.1, -0.05) is 0 Å². The Kier molecular flexibility index (Phi) is 4.25. The van der Waals surface area contributed by atoms with Crippen LogP contribution in [0.15, 0.2) is 23.6 Å². The van der Waals surface area contributed by atoms with Gasteiger partial charge in [0.2, 0.25) is 5.78 Å². The molecule has 0 saturated heterocycles. The first kappa shape index (κ1) is 12.4. The van der Waals surface area contributed by atoms with E-state index in [2.05, 4.69) is 5.32 Å². The summed E-state index contributed by atoms with van der Waals surface area (Å²) in [5.41, 5.74) is 0.251. The van der Waals surface area contributed by atoms with Crippen LogP contribution in [0, 0.1) is 0 Å². The van der Waals surface area contributed by atoms with E-state index in [0.29, 0.717) is 6.54 Å². The van der Waals surface area contributed by atoms with E-state index < -0.39 is 11.5 Å².